The van der Waals surface area contributed by atoms with Gasteiger partial charge in [-0.25, -0.2) is 0 Å². The van der Waals surface area contributed by atoms with Crippen molar-refractivity contribution in [2.24, 2.45) is 0 Å². The molecule has 19 heavy (non-hydrogen) atoms. The van der Waals surface area contributed by atoms with E-state index in [4.69, 9.17) is 9.47 Å². The number of methoxy groups -OCH3 is 1. The largest absolute Gasteiger partial charge is 0.496 e. The molecule has 1 aromatic rings. The lowest BCUT2D eigenvalue weighted by atomic mass is 10.0. The molecule has 1 aliphatic heterocycles. The number of hydrogen-bond donors (Lipinski definition) is 1. The van der Waals surface area contributed by atoms with Gasteiger partial charge >= 0.3 is 0 Å². The van der Waals surface area contributed by atoms with Gasteiger partial charge in [-0.1, -0.05) is 12.1 Å². The Morgan fingerprint density at radius 2 is 2.32 bits per heavy atom. The van der Waals surface area contributed by atoms with E-state index in [1.807, 2.05) is 19.1 Å². The lowest BCUT2D eigenvalue weighted by molar-refractivity contribution is 0.0900. The molecule has 0 aromatic heterocycles. The van der Waals surface area contributed by atoms with Crippen LogP contribution in [0.1, 0.15) is 30.1 Å². The van der Waals surface area contributed by atoms with Gasteiger partial charge in [-0.3, -0.25) is 4.79 Å². The fraction of sp³-hybridized carbons (Fsp3) is 0.533. The van der Waals surface area contributed by atoms with Gasteiger partial charge in [0.1, 0.15) is 5.75 Å². The zero-order valence-corrected chi connectivity index (χ0v) is 11.5. The van der Waals surface area contributed by atoms with Crippen LogP contribution in [0.2, 0.25) is 0 Å². The van der Waals surface area contributed by atoms with Crippen LogP contribution in [0.4, 0.5) is 0 Å². The molecule has 0 saturated carbocycles. The molecule has 4 nitrogen and oxygen atoms in total. The Morgan fingerprint density at radius 1 is 1.53 bits per heavy atom. The highest BCUT2D eigenvalue weighted by Crippen LogP contribution is 2.19. The molecular formula is C15H21NO3. The van der Waals surface area contributed by atoms with E-state index in [1.165, 1.54) is 0 Å². The highest BCUT2D eigenvalue weighted by Gasteiger charge is 2.21. The molecule has 2 unspecified atom stereocenters. The quantitative estimate of drug-likeness (QED) is 0.798. The smallest absolute Gasteiger partial charge is 0.183 e. The van der Waals surface area contributed by atoms with E-state index >= 15 is 0 Å². The Labute approximate surface area is 114 Å². The molecule has 1 fully saturated rings. The van der Waals surface area contributed by atoms with E-state index < -0.39 is 0 Å². The van der Waals surface area contributed by atoms with E-state index in [1.54, 1.807) is 19.2 Å². The van der Waals surface area contributed by atoms with E-state index in [-0.39, 0.29) is 17.9 Å². The van der Waals surface area contributed by atoms with Crippen molar-refractivity contribution < 1.29 is 14.3 Å². The Hall–Kier alpha value is -1.39. The summed E-state index contributed by atoms with van der Waals surface area (Å²) in [5.74, 6) is 0.675. The minimum absolute atomic E-state index is 0.0513. The van der Waals surface area contributed by atoms with Gasteiger partial charge < -0.3 is 14.8 Å². The topological polar surface area (TPSA) is 47.6 Å². The van der Waals surface area contributed by atoms with Crippen LogP contribution in [0.3, 0.4) is 0 Å². The molecule has 104 valence electrons. The normalized spacial score (nSPS) is 20.2. The molecule has 0 bridgehead atoms. The molecule has 1 saturated heterocycles. The van der Waals surface area contributed by atoms with Crippen LogP contribution in [0, 0.1) is 0 Å². The van der Waals surface area contributed by atoms with Gasteiger partial charge in [0.25, 0.3) is 0 Å². The summed E-state index contributed by atoms with van der Waals surface area (Å²) < 4.78 is 10.8. The minimum Gasteiger partial charge on any atom is -0.496 e. The summed E-state index contributed by atoms with van der Waals surface area (Å²) >= 11 is 0. The van der Waals surface area contributed by atoms with E-state index in [0.29, 0.717) is 11.3 Å². The summed E-state index contributed by atoms with van der Waals surface area (Å²) in [7, 11) is 1.58. The summed E-state index contributed by atoms with van der Waals surface area (Å²) in [5, 5.41) is 3.24. The maximum Gasteiger partial charge on any atom is 0.183 e. The first-order valence-corrected chi connectivity index (χ1v) is 6.74. The third-order valence-electron chi connectivity index (χ3n) is 3.44. The van der Waals surface area contributed by atoms with E-state index in [9.17, 15) is 4.79 Å². The predicted octanol–water partition coefficient (Wildman–Crippen LogP) is 2.04. The molecule has 1 aliphatic rings. The van der Waals surface area contributed by atoms with Crippen LogP contribution < -0.4 is 10.1 Å². The number of ether oxygens (including phenoxy) is 2. The fourth-order valence-corrected chi connectivity index (χ4v) is 2.29. The summed E-state index contributed by atoms with van der Waals surface area (Å²) in [6.07, 6.45) is 2.43. The van der Waals surface area contributed by atoms with Crippen molar-refractivity contribution in [3.63, 3.8) is 0 Å². The highest BCUT2D eigenvalue weighted by atomic mass is 16.5. The summed E-state index contributed by atoms with van der Waals surface area (Å²) in [4.78, 5) is 12.3. The van der Waals surface area contributed by atoms with Crippen molar-refractivity contribution in [3.8, 4) is 5.75 Å². The van der Waals surface area contributed by atoms with Gasteiger partial charge in [-0.05, 0) is 31.9 Å². The standard InChI is InChI=1S/C15H21NO3/c1-11(16-10-12-6-5-9-19-12)15(17)13-7-3-4-8-14(13)18-2/h3-4,7-8,11-12,16H,5-6,9-10H2,1-2H3. The third kappa shape index (κ3) is 3.55. The first-order chi connectivity index (χ1) is 9.22. The number of rotatable bonds is 6. The van der Waals surface area contributed by atoms with Crippen molar-refractivity contribution in [3.05, 3.63) is 29.8 Å². The summed E-state index contributed by atoms with van der Waals surface area (Å²) in [5.41, 5.74) is 0.623. The molecule has 0 radical (unpaired) electrons. The molecule has 2 atom stereocenters. The molecule has 1 heterocycles. The molecule has 0 spiro atoms. The number of benzene rings is 1. The van der Waals surface area contributed by atoms with Crippen molar-refractivity contribution in [1.29, 1.82) is 0 Å². The highest BCUT2D eigenvalue weighted by molar-refractivity contribution is 6.02. The Kier molecular flexibility index (Phi) is 4.93. The number of Topliss-reactive ketones (excluding diaryl/α,β-unsaturated/α-hetero) is 1. The molecule has 0 amide bonds. The van der Waals surface area contributed by atoms with Gasteiger partial charge in [0.05, 0.1) is 24.8 Å². The molecule has 4 heteroatoms. The van der Waals surface area contributed by atoms with Gasteiger partial charge in [0.2, 0.25) is 0 Å². The zero-order chi connectivity index (χ0) is 13.7. The van der Waals surface area contributed by atoms with Crippen LogP contribution in [0.5, 0.6) is 5.75 Å². The Bertz CT molecular complexity index is 427. The van der Waals surface area contributed by atoms with Gasteiger partial charge in [0, 0.05) is 13.2 Å². The van der Waals surface area contributed by atoms with Crippen molar-refractivity contribution in [2.75, 3.05) is 20.3 Å². The second kappa shape index (κ2) is 6.68. The third-order valence-corrected chi connectivity index (χ3v) is 3.44. The molecule has 2 rings (SSSR count). The maximum atomic E-state index is 12.3. The first-order valence-electron chi connectivity index (χ1n) is 6.74. The second-order valence-corrected chi connectivity index (χ2v) is 4.83. The van der Waals surface area contributed by atoms with Gasteiger partial charge in [0.15, 0.2) is 5.78 Å². The molecule has 0 aliphatic carbocycles. The fourth-order valence-electron chi connectivity index (χ4n) is 2.29. The van der Waals surface area contributed by atoms with Gasteiger partial charge in [-0.2, -0.15) is 0 Å². The average molecular weight is 263 g/mol. The van der Waals surface area contributed by atoms with Crippen molar-refractivity contribution >= 4 is 5.78 Å². The first kappa shape index (κ1) is 14.0. The molecule has 1 N–H and O–H groups in total. The number of para-hydroxylation sites is 1. The Morgan fingerprint density at radius 3 is 3.00 bits per heavy atom. The van der Waals surface area contributed by atoms with Crippen molar-refractivity contribution in [2.45, 2.75) is 31.9 Å². The van der Waals surface area contributed by atoms with Crippen LogP contribution in [-0.4, -0.2) is 38.2 Å². The number of ketones is 1. The lowest BCUT2D eigenvalue weighted by Crippen LogP contribution is -2.38. The predicted molar refractivity (Wildman–Crippen MR) is 73.8 cm³/mol. The molecular weight excluding hydrogens is 242 g/mol. The zero-order valence-electron chi connectivity index (χ0n) is 11.5. The number of nitrogens with one attached hydrogen (secondary N) is 1. The average Bonchev–Trinajstić information content (AvgIpc) is 2.97. The summed E-state index contributed by atoms with van der Waals surface area (Å²) in [6, 6.07) is 7.08. The summed E-state index contributed by atoms with van der Waals surface area (Å²) in [6.45, 7) is 3.44. The van der Waals surface area contributed by atoms with Crippen molar-refractivity contribution in [1.82, 2.24) is 5.32 Å². The van der Waals surface area contributed by atoms with Crippen LogP contribution in [0.15, 0.2) is 24.3 Å². The number of carbonyl (C=O) groups excluding carboxylic acids is 1. The minimum atomic E-state index is -0.236. The second-order valence-electron chi connectivity index (χ2n) is 4.83. The maximum absolute atomic E-state index is 12.3. The van der Waals surface area contributed by atoms with Crippen LogP contribution in [0.25, 0.3) is 0 Å². The monoisotopic (exact) mass is 263 g/mol. The van der Waals surface area contributed by atoms with E-state index in [2.05, 4.69) is 5.32 Å². The van der Waals surface area contributed by atoms with Crippen LogP contribution in [-0.2, 0) is 4.74 Å². The number of hydrogen-bond acceptors (Lipinski definition) is 4. The SMILES string of the molecule is COc1ccccc1C(=O)C(C)NCC1CCCO1. The van der Waals surface area contributed by atoms with Crippen LogP contribution >= 0.6 is 0 Å². The molecule has 1 aromatic carbocycles. The van der Waals surface area contributed by atoms with E-state index in [0.717, 1.165) is 26.0 Å². The Balaban J connectivity index is 1.94. The van der Waals surface area contributed by atoms with Gasteiger partial charge in [-0.15, -0.1) is 0 Å². The lowest BCUT2D eigenvalue weighted by Gasteiger charge is -2.17. The number of carbonyl (C=O) groups is 1.